The molecule has 0 bridgehead atoms. The largest absolute Gasteiger partial charge is 0.364 e. The number of carbonyl (C=O) groups excluding carboxylic acids is 3. The van der Waals surface area contributed by atoms with Gasteiger partial charge in [-0.25, -0.2) is 0 Å². The standard InChI is InChI=1S/C23H30N8O3/c1-4-18(32)25-12-19(33)31-11-5-6-17(13-31)27-23-28-22(20(21(24)34)29-30-23)26-16-9-7-15(8-10-16)14(2)3/h4,7-10,14,17H,1,5-6,11-13H2,2-3H3,(H2,24,34)(H,25,32)(H2,26,27,28,30). The molecule has 1 unspecified atom stereocenters. The number of hydrogen-bond acceptors (Lipinski definition) is 8. The van der Waals surface area contributed by atoms with Gasteiger partial charge in [-0.2, -0.15) is 4.98 Å². The van der Waals surface area contributed by atoms with E-state index in [4.69, 9.17) is 5.73 Å². The Labute approximate surface area is 198 Å². The number of aromatic nitrogens is 3. The summed E-state index contributed by atoms with van der Waals surface area (Å²) in [6.45, 7) is 8.51. The SMILES string of the molecule is C=CC(=O)NCC(=O)N1CCCC(Nc2nnc(C(N)=O)c(Nc3ccc(C(C)C)cc3)n2)C1. The maximum atomic E-state index is 12.4. The Morgan fingerprint density at radius 2 is 1.97 bits per heavy atom. The van der Waals surface area contributed by atoms with Crippen LogP contribution in [0.4, 0.5) is 17.5 Å². The van der Waals surface area contributed by atoms with Crippen LogP contribution in [0.3, 0.4) is 0 Å². The van der Waals surface area contributed by atoms with Crippen molar-refractivity contribution in [2.24, 2.45) is 5.73 Å². The van der Waals surface area contributed by atoms with E-state index in [0.717, 1.165) is 24.6 Å². The molecule has 5 N–H and O–H groups in total. The van der Waals surface area contributed by atoms with Crippen molar-refractivity contribution in [3.05, 3.63) is 48.2 Å². The summed E-state index contributed by atoms with van der Waals surface area (Å²) in [6.07, 6.45) is 2.69. The van der Waals surface area contributed by atoms with Crippen molar-refractivity contribution < 1.29 is 14.4 Å². The molecule has 2 aromatic rings. The molecule has 11 heteroatoms. The second kappa shape index (κ2) is 11.2. The van der Waals surface area contributed by atoms with E-state index >= 15 is 0 Å². The molecule has 1 aliphatic heterocycles. The van der Waals surface area contributed by atoms with Crippen LogP contribution in [-0.4, -0.2) is 63.5 Å². The van der Waals surface area contributed by atoms with Crippen LogP contribution in [0.15, 0.2) is 36.9 Å². The monoisotopic (exact) mass is 466 g/mol. The van der Waals surface area contributed by atoms with Gasteiger partial charge in [0.15, 0.2) is 11.5 Å². The molecule has 1 saturated heterocycles. The summed E-state index contributed by atoms with van der Waals surface area (Å²) in [5.74, 6) is -0.524. The van der Waals surface area contributed by atoms with E-state index in [9.17, 15) is 14.4 Å². The Morgan fingerprint density at radius 3 is 2.62 bits per heavy atom. The zero-order valence-electron chi connectivity index (χ0n) is 19.4. The third kappa shape index (κ3) is 6.50. The lowest BCUT2D eigenvalue weighted by Crippen LogP contribution is -2.48. The zero-order chi connectivity index (χ0) is 24.7. The summed E-state index contributed by atoms with van der Waals surface area (Å²) >= 11 is 0. The van der Waals surface area contributed by atoms with Crippen LogP contribution in [0.5, 0.6) is 0 Å². The lowest BCUT2D eigenvalue weighted by atomic mass is 10.0. The van der Waals surface area contributed by atoms with Gasteiger partial charge in [0.05, 0.1) is 6.54 Å². The zero-order valence-corrected chi connectivity index (χ0v) is 19.4. The van der Waals surface area contributed by atoms with E-state index < -0.39 is 11.8 Å². The topological polar surface area (TPSA) is 155 Å². The Balaban J connectivity index is 1.69. The number of amides is 3. The van der Waals surface area contributed by atoms with Crippen LogP contribution in [0.1, 0.15) is 48.7 Å². The minimum absolute atomic E-state index is 0.0723. The van der Waals surface area contributed by atoms with Crippen molar-refractivity contribution >= 4 is 35.2 Å². The van der Waals surface area contributed by atoms with E-state index in [2.05, 4.69) is 51.6 Å². The third-order valence-electron chi connectivity index (χ3n) is 5.47. The Hall–Kier alpha value is -4.02. The molecular formula is C23H30N8O3. The van der Waals surface area contributed by atoms with Gasteiger partial charge in [-0.3, -0.25) is 14.4 Å². The van der Waals surface area contributed by atoms with Crippen LogP contribution < -0.4 is 21.7 Å². The molecule has 34 heavy (non-hydrogen) atoms. The van der Waals surface area contributed by atoms with Gasteiger partial charge in [-0.05, 0) is 42.5 Å². The highest BCUT2D eigenvalue weighted by molar-refractivity contribution is 5.96. The number of nitrogens with one attached hydrogen (secondary N) is 3. The molecule has 1 aliphatic rings. The Kier molecular flexibility index (Phi) is 8.12. The normalized spacial score (nSPS) is 15.5. The van der Waals surface area contributed by atoms with Crippen molar-refractivity contribution in [3.63, 3.8) is 0 Å². The van der Waals surface area contributed by atoms with Gasteiger partial charge < -0.3 is 26.6 Å². The van der Waals surface area contributed by atoms with Crippen LogP contribution >= 0.6 is 0 Å². The molecule has 1 atom stereocenters. The number of carbonyl (C=O) groups is 3. The molecule has 3 amide bonds. The number of primary amides is 1. The fourth-order valence-electron chi connectivity index (χ4n) is 3.58. The van der Waals surface area contributed by atoms with E-state index in [1.165, 1.54) is 5.56 Å². The molecule has 3 rings (SSSR count). The highest BCUT2D eigenvalue weighted by Gasteiger charge is 2.25. The highest BCUT2D eigenvalue weighted by Crippen LogP contribution is 2.22. The van der Waals surface area contributed by atoms with Gasteiger partial charge in [-0.15, -0.1) is 10.2 Å². The molecule has 180 valence electrons. The molecule has 2 heterocycles. The second-order valence-electron chi connectivity index (χ2n) is 8.34. The van der Waals surface area contributed by atoms with E-state index in [-0.39, 0.29) is 36.0 Å². The fourth-order valence-corrected chi connectivity index (χ4v) is 3.58. The third-order valence-corrected chi connectivity index (χ3v) is 5.47. The molecule has 1 aromatic carbocycles. The summed E-state index contributed by atoms with van der Waals surface area (Å²) in [5, 5.41) is 16.7. The first kappa shape index (κ1) is 24.6. The molecule has 1 aromatic heterocycles. The number of benzene rings is 1. The van der Waals surface area contributed by atoms with Crippen molar-refractivity contribution in [2.45, 2.75) is 38.6 Å². The van der Waals surface area contributed by atoms with Crippen molar-refractivity contribution in [3.8, 4) is 0 Å². The highest BCUT2D eigenvalue weighted by atomic mass is 16.2. The molecular weight excluding hydrogens is 436 g/mol. The van der Waals surface area contributed by atoms with Gasteiger partial charge in [-0.1, -0.05) is 32.6 Å². The first-order valence-electron chi connectivity index (χ1n) is 11.1. The van der Waals surface area contributed by atoms with Gasteiger partial charge in [0.1, 0.15) is 0 Å². The lowest BCUT2D eigenvalue weighted by molar-refractivity contribution is -0.133. The van der Waals surface area contributed by atoms with Crippen LogP contribution in [-0.2, 0) is 9.59 Å². The predicted octanol–water partition coefficient (Wildman–Crippen LogP) is 1.54. The van der Waals surface area contributed by atoms with E-state index in [0.29, 0.717) is 19.0 Å². The molecule has 0 saturated carbocycles. The van der Waals surface area contributed by atoms with Gasteiger partial charge in [0, 0.05) is 24.8 Å². The minimum atomic E-state index is -0.746. The summed E-state index contributed by atoms with van der Waals surface area (Å²) in [6, 6.07) is 7.66. The maximum absolute atomic E-state index is 12.4. The number of piperidine rings is 1. The molecule has 0 aliphatic carbocycles. The van der Waals surface area contributed by atoms with Crippen LogP contribution in [0, 0.1) is 0 Å². The molecule has 1 fully saturated rings. The molecule has 0 spiro atoms. The molecule has 11 nitrogen and oxygen atoms in total. The van der Waals surface area contributed by atoms with Crippen molar-refractivity contribution in [2.75, 3.05) is 30.3 Å². The Morgan fingerprint density at radius 1 is 1.24 bits per heavy atom. The average Bonchev–Trinajstić information content (AvgIpc) is 2.82. The quantitative estimate of drug-likeness (QED) is 0.406. The number of anilines is 3. The predicted molar refractivity (Wildman–Crippen MR) is 129 cm³/mol. The first-order valence-corrected chi connectivity index (χ1v) is 11.1. The number of nitrogens with zero attached hydrogens (tertiary/aromatic N) is 4. The summed E-state index contributed by atoms with van der Waals surface area (Å²) in [7, 11) is 0. The average molecular weight is 467 g/mol. The maximum Gasteiger partial charge on any atom is 0.273 e. The first-order chi connectivity index (χ1) is 16.3. The number of hydrogen-bond donors (Lipinski definition) is 4. The van der Waals surface area contributed by atoms with Crippen molar-refractivity contribution in [1.82, 2.24) is 25.4 Å². The molecule has 0 radical (unpaired) electrons. The minimum Gasteiger partial charge on any atom is -0.364 e. The Bertz CT molecular complexity index is 1050. The van der Waals surface area contributed by atoms with E-state index in [1.807, 2.05) is 24.3 Å². The van der Waals surface area contributed by atoms with Crippen LogP contribution in [0.2, 0.25) is 0 Å². The van der Waals surface area contributed by atoms with E-state index in [1.54, 1.807) is 4.90 Å². The number of rotatable bonds is 9. The summed E-state index contributed by atoms with van der Waals surface area (Å²) in [5.41, 5.74) is 7.30. The lowest BCUT2D eigenvalue weighted by Gasteiger charge is -2.33. The number of nitrogens with two attached hydrogens (primary N) is 1. The summed E-state index contributed by atoms with van der Waals surface area (Å²) in [4.78, 5) is 41.6. The van der Waals surface area contributed by atoms with Gasteiger partial charge >= 0.3 is 0 Å². The van der Waals surface area contributed by atoms with Gasteiger partial charge in [0.25, 0.3) is 5.91 Å². The number of likely N-dealkylation sites (tertiary alicyclic amines) is 1. The fraction of sp³-hybridized carbons (Fsp3) is 0.391. The summed E-state index contributed by atoms with van der Waals surface area (Å²) < 4.78 is 0. The van der Waals surface area contributed by atoms with Crippen molar-refractivity contribution in [1.29, 1.82) is 0 Å². The smallest absolute Gasteiger partial charge is 0.273 e. The second-order valence-corrected chi connectivity index (χ2v) is 8.34. The van der Waals surface area contributed by atoms with Crippen LogP contribution in [0.25, 0.3) is 0 Å². The van der Waals surface area contributed by atoms with Gasteiger partial charge in [0.2, 0.25) is 17.8 Å².